The van der Waals surface area contributed by atoms with Gasteiger partial charge in [-0.25, -0.2) is 0 Å². The molecule has 1 aromatic carbocycles. The van der Waals surface area contributed by atoms with Gasteiger partial charge >= 0.3 is 0 Å². The second-order valence-corrected chi connectivity index (χ2v) is 12.2. The maximum atomic E-state index is 10.3. The molecule has 0 bridgehead atoms. The molecule has 1 saturated heterocycles. The third-order valence-corrected chi connectivity index (χ3v) is 10.7. The van der Waals surface area contributed by atoms with Crippen molar-refractivity contribution in [1.82, 2.24) is 0 Å². The van der Waals surface area contributed by atoms with E-state index >= 15 is 0 Å². The summed E-state index contributed by atoms with van der Waals surface area (Å²) < 4.78 is 0. The van der Waals surface area contributed by atoms with Crippen molar-refractivity contribution < 1.29 is 5.11 Å². The van der Waals surface area contributed by atoms with E-state index in [0.29, 0.717) is 5.92 Å². The number of aliphatic hydroxyl groups excluding tert-OH is 1. The van der Waals surface area contributed by atoms with Gasteiger partial charge in [-0.2, -0.15) is 11.8 Å². The standard InChI is InChI=1S/C15H22OSSi/c1-18(2,11-6-4-3-5-7-11)15-8-14(16)12-9-17-10-13(12)15/h3-7,12-16H,8-10H2,1-2H3/t12-,13+,14+,15+/m1/s1. The zero-order chi connectivity index (χ0) is 12.8. The van der Waals surface area contributed by atoms with Gasteiger partial charge in [0.05, 0.1) is 14.2 Å². The van der Waals surface area contributed by atoms with Gasteiger partial charge in [-0.05, 0) is 35.3 Å². The second-order valence-electron chi connectivity index (χ2n) is 6.36. The molecule has 4 atom stereocenters. The van der Waals surface area contributed by atoms with Gasteiger partial charge in [-0.15, -0.1) is 0 Å². The Morgan fingerprint density at radius 2 is 1.78 bits per heavy atom. The third-order valence-electron chi connectivity index (χ3n) is 5.12. The SMILES string of the molecule is C[Si](C)(c1ccccc1)[C@H]1C[C@H](O)[C@@H]2CSC[C@@H]21. The van der Waals surface area contributed by atoms with Gasteiger partial charge in [-0.1, -0.05) is 48.6 Å². The fourth-order valence-corrected chi connectivity index (χ4v) is 9.47. The van der Waals surface area contributed by atoms with Crippen LogP contribution >= 0.6 is 11.8 Å². The van der Waals surface area contributed by atoms with E-state index in [2.05, 4.69) is 43.4 Å². The van der Waals surface area contributed by atoms with Crippen molar-refractivity contribution in [2.45, 2.75) is 31.2 Å². The molecule has 1 aliphatic heterocycles. The van der Waals surface area contributed by atoms with Crippen LogP contribution < -0.4 is 5.19 Å². The third kappa shape index (κ3) is 1.96. The van der Waals surface area contributed by atoms with Crippen LogP contribution in [-0.2, 0) is 0 Å². The number of hydrogen-bond acceptors (Lipinski definition) is 2. The predicted octanol–water partition coefficient (Wildman–Crippen LogP) is 2.72. The van der Waals surface area contributed by atoms with Crippen molar-refractivity contribution in [3.8, 4) is 0 Å². The average molecular weight is 278 g/mol. The Hall–Kier alpha value is -0.253. The Labute approximate surface area is 115 Å². The molecule has 2 fully saturated rings. The summed E-state index contributed by atoms with van der Waals surface area (Å²) in [6.45, 7) is 4.98. The number of hydrogen-bond donors (Lipinski definition) is 1. The molecule has 0 unspecified atom stereocenters. The summed E-state index contributed by atoms with van der Waals surface area (Å²) in [6.07, 6.45) is 1.01. The van der Waals surface area contributed by atoms with Gasteiger partial charge in [0.15, 0.2) is 0 Å². The van der Waals surface area contributed by atoms with Crippen LogP contribution in [0.5, 0.6) is 0 Å². The maximum absolute atomic E-state index is 10.3. The Morgan fingerprint density at radius 3 is 2.50 bits per heavy atom. The quantitative estimate of drug-likeness (QED) is 0.840. The highest BCUT2D eigenvalue weighted by molar-refractivity contribution is 7.99. The van der Waals surface area contributed by atoms with Gasteiger partial charge in [0.2, 0.25) is 0 Å². The monoisotopic (exact) mass is 278 g/mol. The van der Waals surface area contributed by atoms with Crippen LogP contribution in [0.4, 0.5) is 0 Å². The highest BCUT2D eigenvalue weighted by atomic mass is 32.2. The lowest BCUT2D eigenvalue weighted by molar-refractivity contribution is 0.136. The molecule has 1 aromatic rings. The van der Waals surface area contributed by atoms with Crippen molar-refractivity contribution in [2.24, 2.45) is 11.8 Å². The minimum atomic E-state index is -1.45. The molecular formula is C15H22OSSi. The summed E-state index contributed by atoms with van der Waals surface area (Å²) in [7, 11) is -1.45. The van der Waals surface area contributed by atoms with Crippen molar-refractivity contribution >= 4 is 25.0 Å². The maximum Gasteiger partial charge on any atom is 0.0840 e. The summed E-state index contributed by atoms with van der Waals surface area (Å²) in [5.74, 6) is 3.81. The number of benzene rings is 1. The fourth-order valence-electron chi connectivity index (χ4n) is 3.92. The van der Waals surface area contributed by atoms with Crippen molar-refractivity contribution in [3.05, 3.63) is 30.3 Å². The van der Waals surface area contributed by atoms with E-state index in [0.717, 1.165) is 17.9 Å². The molecule has 1 aliphatic carbocycles. The Bertz CT molecular complexity index is 420. The van der Waals surface area contributed by atoms with Crippen LogP contribution in [0.2, 0.25) is 18.6 Å². The summed E-state index contributed by atoms with van der Waals surface area (Å²) in [4.78, 5) is 0. The average Bonchev–Trinajstić information content (AvgIpc) is 2.95. The Balaban J connectivity index is 1.90. The molecule has 1 saturated carbocycles. The summed E-state index contributed by atoms with van der Waals surface area (Å²) in [5.41, 5.74) is 0.759. The van der Waals surface area contributed by atoms with Gasteiger partial charge in [0, 0.05) is 0 Å². The normalized spacial score (nSPS) is 35.7. The van der Waals surface area contributed by atoms with Crippen LogP contribution in [0.1, 0.15) is 6.42 Å². The van der Waals surface area contributed by atoms with E-state index in [4.69, 9.17) is 0 Å². The fraction of sp³-hybridized carbons (Fsp3) is 0.600. The number of fused-ring (bicyclic) bond motifs is 1. The highest BCUT2D eigenvalue weighted by Gasteiger charge is 2.51. The molecule has 0 spiro atoms. The molecule has 0 radical (unpaired) electrons. The molecule has 0 amide bonds. The first kappa shape index (κ1) is 12.8. The molecule has 3 heteroatoms. The van der Waals surface area contributed by atoms with Crippen LogP contribution in [0.15, 0.2) is 30.3 Å². The minimum absolute atomic E-state index is 0.0366. The number of thioether (sulfide) groups is 1. The summed E-state index contributed by atoms with van der Waals surface area (Å²) in [5, 5.41) is 11.8. The lowest BCUT2D eigenvalue weighted by Gasteiger charge is -2.34. The van der Waals surface area contributed by atoms with E-state index < -0.39 is 8.07 Å². The predicted molar refractivity (Wildman–Crippen MR) is 82.2 cm³/mol. The Morgan fingerprint density at radius 1 is 1.11 bits per heavy atom. The number of aliphatic hydroxyl groups is 1. The van der Waals surface area contributed by atoms with Crippen LogP contribution in [0.3, 0.4) is 0 Å². The molecule has 98 valence electrons. The van der Waals surface area contributed by atoms with Gasteiger partial charge in [0.25, 0.3) is 0 Å². The molecule has 3 rings (SSSR count). The first-order chi connectivity index (χ1) is 8.60. The topological polar surface area (TPSA) is 20.2 Å². The first-order valence-corrected chi connectivity index (χ1v) is 11.1. The summed E-state index contributed by atoms with van der Waals surface area (Å²) >= 11 is 2.05. The van der Waals surface area contributed by atoms with E-state index in [1.165, 1.54) is 11.5 Å². The highest BCUT2D eigenvalue weighted by Crippen LogP contribution is 2.52. The molecule has 1 nitrogen and oxygen atoms in total. The molecular weight excluding hydrogens is 256 g/mol. The molecule has 1 N–H and O–H groups in total. The largest absolute Gasteiger partial charge is 0.393 e. The van der Waals surface area contributed by atoms with Gasteiger partial charge in [-0.3, -0.25) is 0 Å². The minimum Gasteiger partial charge on any atom is -0.393 e. The van der Waals surface area contributed by atoms with E-state index in [1.807, 2.05) is 11.8 Å². The van der Waals surface area contributed by atoms with E-state index in [1.54, 1.807) is 5.19 Å². The lowest BCUT2D eigenvalue weighted by atomic mass is 9.99. The molecule has 2 aliphatic rings. The van der Waals surface area contributed by atoms with Crippen molar-refractivity contribution in [1.29, 1.82) is 0 Å². The molecule has 1 heterocycles. The van der Waals surface area contributed by atoms with Crippen LogP contribution in [0, 0.1) is 11.8 Å². The van der Waals surface area contributed by atoms with E-state index in [9.17, 15) is 5.11 Å². The van der Waals surface area contributed by atoms with Gasteiger partial charge in [0.1, 0.15) is 0 Å². The molecule has 18 heavy (non-hydrogen) atoms. The van der Waals surface area contributed by atoms with Crippen molar-refractivity contribution in [3.63, 3.8) is 0 Å². The zero-order valence-corrected chi connectivity index (χ0v) is 13.0. The van der Waals surface area contributed by atoms with Crippen LogP contribution in [0.25, 0.3) is 0 Å². The smallest absolute Gasteiger partial charge is 0.0840 e. The van der Waals surface area contributed by atoms with E-state index in [-0.39, 0.29) is 6.10 Å². The molecule has 0 aromatic heterocycles. The second kappa shape index (κ2) is 4.69. The van der Waals surface area contributed by atoms with Crippen LogP contribution in [-0.4, -0.2) is 30.8 Å². The zero-order valence-electron chi connectivity index (χ0n) is 11.2. The lowest BCUT2D eigenvalue weighted by Crippen LogP contribution is -2.47. The summed E-state index contributed by atoms with van der Waals surface area (Å²) in [6, 6.07) is 11.0. The van der Waals surface area contributed by atoms with Crippen molar-refractivity contribution in [2.75, 3.05) is 11.5 Å². The first-order valence-electron chi connectivity index (χ1n) is 6.92. The number of rotatable bonds is 2. The Kier molecular flexibility index (Phi) is 3.33. The van der Waals surface area contributed by atoms with Gasteiger partial charge < -0.3 is 5.11 Å².